The molecule has 2 aromatic heterocycles. The Kier molecular flexibility index (Phi) is 7.11. The van der Waals surface area contributed by atoms with Crippen LogP contribution in [0.2, 0.25) is 5.15 Å². The topological polar surface area (TPSA) is 104 Å². The molecule has 1 saturated heterocycles. The number of pyridine rings is 1. The van der Waals surface area contributed by atoms with Crippen LogP contribution >= 0.6 is 22.9 Å². The van der Waals surface area contributed by atoms with Gasteiger partial charge in [0.2, 0.25) is 0 Å². The third kappa shape index (κ3) is 5.61. The molecule has 0 aromatic carbocycles. The highest BCUT2D eigenvalue weighted by Gasteiger charge is 2.38. The van der Waals surface area contributed by atoms with Crippen LogP contribution in [0.5, 0.6) is 0 Å². The molecule has 4 rings (SSSR count). The molecule has 11 heteroatoms. The number of nitrogens with one attached hydrogen (secondary N) is 4. The van der Waals surface area contributed by atoms with E-state index in [9.17, 15) is 14.0 Å². The van der Waals surface area contributed by atoms with Gasteiger partial charge >= 0.3 is 5.97 Å². The number of halogens is 2. The first kappa shape index (κ1) is 25.8. The van der Waals surface area contributed by atoms with Crippen LogP contribution in [0.1, 0.15) is 71.7 Å². The standard InChI is InChI=1S/C24H31ClFN5O3S/c1-23(2)9-12(10-24(3,4)31-23)28-19-14(8-15(26)18(25)29-19)20(32)30-21-17(22(33)34-5)13-6-7-27-11-16(13)35-21/h8,12,27,31H,6-7,9-11H2,1-5H3,(H,28,29)(H,30,32). The van der Waals surface area contributed by atoms with E-state index in [1.165, 1.54) is 18.4 Å². The van der Waals surface area contributed by atoms with Gasteiger partial charge in [0.25, 0.3) is 5.91 Å². The highest BCUT2D eigenvalue weighted by Crippen LogP contribution is 2.37. The summed E-state index contributed by atoms with van der Waals surface area (Å²) in [5, 5.41) is 13.1. The van der Waals surface area contributed by atoms with Crippen LogP contribution in [0.3, 0.4) is 0 Å². The average molecular weight is 524 g/mol. The number of carbonyl (C=O) groups is 2. The van der Waals surface area contributed by atoms with E-state index in [2.05, 4.69) is 53.9 Å². The Bertz CT molecular complexity index is 1150. The summed E-state index contributed by atoms with van der Waals surface area (Å²) in [4.78, 5) is 31.1. The molecule has 0 bridgehead atoms. The zero-order valence-electron chi connectivity index (χ0n) is 20.5. The van der Waals surface area contributed by atoms with Crippen molar-refractivity contribution in [1.29, 1.82) is 0 Å². The molecule has 2 aliphatic rings. The molecule has 0 spiro atoms. The largest absolute Gasteiger partial charge is 0.465 e. The molecular formula is C24H31ClFN5O3S. The molecule has 35 heavy (non-hydrogen) atoms. The van der Waals surface area contributed by atoms with Crippen LogP contribution < -0.4 is 21.3 Å². The first-order chi connectivity index (χ1) is 16.4. The molecule has 0 atom stereocenters. The summed E-state index contributed by atoms with van der Waals surface area (Å²) >= 11 is 7.31. The second-order valence-electron chi connectivity index (χ2n) is 10.4. The molecule has 2 aliphatic heterocycles. The van der Waals surface area contributed by atoms with Crippen LogP contribution in [-0.2, 0) is 17.7 Å². The van der Waals surface area contributed by atoms with Gasteiger partial charge in [-0.25, -0.2) is 14.2 Å². The summed E-state index contributed by atoms with van der Waals surface area (Å²) in [6.45, 7) is 9.79. The molecule has 1 amide bonds. The molecule has 8 nitrogen and oxygen atoms in total. The van der Waals surface area contributed by atoms with Gasteiger partial charge in [-0.05, 0) is 65.1 Å². The number of carbonyl (C=O) groups excluding carboxylic acids is 2. The third-order valence-electron chi connectivity index (χ3n) is 6.25. The van der Waals surface area contributed by atoms with Gasteiger partial charge in [-0.1, -0.05) is 11.6 Å². The first-order valence-corrected chi connectivity index (χ1v) is 12.8. The van der Waals surface area contributed by atoms with E-state index in [4.69, 9.17) is 16.3 Å². The van der Waals surface area contributed by atoms with E-state index in [0.717, 1.165) is 35.9 Å². The Balaban J connectivity index is 1.66. The average Bonchev–Trinajstić information content (AvgIpc) is 3.11. The molecule has 0 saturated carbocycles. The first-order valence-electron chi connectivity index (χ1n) is 11.6. The number of nitrogens with zero attached hydrogens (tertiary/aromatic N) is 1. The highest BCUT2D eigenvalue weighted by molar-refractivity contribution is 7.17. The quantitative estimate of drug-likeness (QED) is 0.341. The van der Waals surface area contributed by atoms with E-state index in [1.54, 1.807) is 0 Å². The van der Waals surface area contributed by atoms with Gasteiger partial charge in [-0.15, -0.1) is 11.3 Å². The summed E-state index contributed by atoms with van der Waals surface area (Å²) in [5.74, 6) is -1.69. The van der Waals surface area contributed by atoms with Crippen molar-refractivity contribution in [2.24, 2.45) is 0 Å². The van der Waals surface area contributed by atoms with Crippen molar-refractivity contribution in [2.45, 2.75) is 70.6 Å². The minimum atomic E-state index is -0.795. The zero-order chi connectivity index (χ0) is 25.5. The number of rotatable bonds is 5. The van der Waals surface area contributed by atoms with Gasteiger partial charge in [0.15, 0.2) is 11.0 Å². The van der Waals surface area contributed by atoms with Crippen molar-refractivity contribution < 1.29 is 18.7 Å². The lowest BCUT2D eigenvalue weighted by Crippen LogP contribution is -2.60. The number of fused-ring (bicyclic) bond motifs is 1. The van der Waals surface area contributed by atoms with Crippen LogP contribution in [-0.4, -0.2) is 47.6 Å². The van der Waals surface area contributed by atoms with Gasteiger partial charge in [-0.2, -0.15) is 0 Å². The monoisotopic (exact) mass is 523 g/mol. The Morgan fingerprint density at radius 3 is 2.60 bits per heavy atom. The number of piperidine rings is 1. The molecule has 0 aliphatic carbocycles. The second-order valence-corrected chi connectivity index (χ2v) is 11.8. The van der Waals surface area contributed by atoms with E-state index < -0.39 is 17.7 Å². The molecule has 1 fully saturated rings. The molecule has 0 radical (unpaired) electrons. The fraction of sp³-hybridized carbons (Fsp3) is 0.542. The molecular weight excluding hydrogens is 493 g/mol. The number of ether oxygens (including phenoxy) is 1. The minimum Gasteiger partial charge on any atom is -0.465 e. The van der Waals surface area contributed by atoms with Gasteiger partial charge < -0.3 is 26.0 Å². The Labute approximate surface area is 213 Å². The van der Waals surface area contributed by atoms with Crippen molar-refractivity contribution in [2.75, 3.05) is 24.3 Å². The molecule has 0 unspecified atom stereocenters. The van der Waals surface area contributed by atoms with Gasteiger partial charge in [0, 0.05) is 28.5 Å². The lowest BCUT2D eigenvalue weighted by atomic mass is 9.79. The van der Waals surface area contributed by atoms with Crippen LogP contribution in [0.15, 0.2) is 6.07 Å². The zero-order valence-corrected chi connectivity index (χ0v) is 22.1. The van der Waals surface area contributed by atoms with E-state index in [-0.39, 0.29) is 33.7 Å². The highest BCUT2D eigenvalue weighted by atomic mass is 35.5. The Morgan fingerprint density at radius 1 is 1.26 bits per heavy atom. The van der Waals surface area contributed by atoms with Crippen LogP contribution in [0.25, 0.3) is 0 Å². The Hall–Kier alpha value is -2.27. The third-order valence-corrected chi connectivity index (χ3v) is 7.67. The number of hydrogen-bond donors (Lipinski definition) is 4. The van der Waals surface area contributed by atoms with E-state index in [1.807, 2.05) is 0 Å². The van der Waals surface area contributed by atoms with Crippen molar-refractivity contribution in [3.8, 4) is 0 Å². The van der Waals surface area contributed by atoms with Crippen molar-refractivity contribution >= 4 is 45.6 Å². The number of esters is 1. The van der Waals surface area contributed by atoms with Crippen LogP contribution in [0, 0.1) is 5.82 Å². The number of thiophene rings is 1. The number of aromatic nitrogens is 1. The molecule has 4 heterocycles. The van der Waals surface area contributed by atoms with Gasteiger partial charge in [0.05, 0.1) is 18.2 Å². The predicted octanol–water partition coefficient (Wildman–Crippen LogP) is 4.34. The maximum Gasteiger partial charge on any atom is 0.341 e. The van der Waals surface area contributed by atoms with Gasteiger partial charge in [-0.3, -0.25) is 4.79 Å². The predicted molar refractivity (Wildman–Crippen MR) is 136 cm³/mol. The van der Waals surface area contributed by atoms with Crippen molar-refractivity contribution in [1.82, 2.24) is 15.6 Å². The normalized spacial score (nSPS) is 19.1. The molecule has 2 aromatic rings. The van der Waals surface area contributed by atoms with E-state index in [0.29, 0.717) is 23.5 Å². The lowest BCUT2D eigenvalue weighted by Gasteiger charge is -2.46. The number of anilines is 2. The summed E-state index contributed by atoms with van der Waals surface area (Å²) in [7, 11) is 1.31. The van der Waals surface area contributed by atoms with Gasteiger partial charge in [0.1, 0.15) is 10.8 Å². The summed E-state index contributed by atoms with van der Waals surface area (Å²) in [6.07, 6.45) is 2.19. The van der Waals surface area contributed by atoms with Crippen molar-refractivity contribution in [3.05, 3.63) is 38.6 Å². The maximum absolute atomic E-state index is 14.4. The Morgan fingerprint density at radius 2 is 1.94 bits per heavy atom. The number of amides is 1. The minimum absolute atomic E-state index is 0.0151. The number of hydrogen-bond acceptors (Lipinski definition) is 8. The second kappa shape index (κ2) is 9.65. The SMILES string of the molecule is COC(=O)c1c(NC(=O)c2cc(F)c(Cl)nc2NC2CC(C)(C)NC(C)(C)C2)sc2c1CCNC2. The maximum atomic E-state index is 14.4. The fourth-order valence-corrected chi connectivity index (χ4v) is 6.62. The fourth-order valence-electron chi connectivity index (χ4n) is 5.28. The summed E-state index contributed by atoms with van der Waals surface area (Å²) in [5.41, 5.74) is 0.937. The number of methoxy groups -OCH3 is 1. The summed E-state index contributed by atoms with van der Waals surface area (Å²) in [6, 6.07) is 1.06. The smallest absolute Gasteiger partial charge is 0.341 e. The summed E-state index contributed by atoms with van der Waals surface area (Å²) < 4.78 is 19.4. The molecule has 4 N–H and O–H groups in total. The molecule has 190 valence electrons. The lowest BCUT2D eigenvalue weighted by molar-refractivity contribution is 0.0601. The van der Waals surface area contributed by atoms with Crippen molar-refractivity contribution in [3.63, 3.8) is 0 Å². The van der Waals surface area contributed by atoms with Crippen LogP contribution in [0.4, 0.5) is 15.2 Å². The van der Waals surface area contributed by atoms with E-state index >= 15 is 0 Å².